The van der Waals surface area contributed by atoms with Gasteiger partial charge in [0.15, 0.2) is 0 Å². The molecule has 7 nitrogen and oxygen atoms in total. The van der Waals surface area contributed by atoms with E-state index >= 15 is 0 Å². The van der Waals surface area contributed by atoms with Crippen molar-refractivity contribution >= 4 is 34.8 Å². The second-order valence-electron chi connectivity index (χ2n) is 10.8. The largest absolute Gasteiger partial charge is 0.417 e. The fourth-order valence-corrected chi connectivity index (χ4v) is 4.97. The van der Waals surface area contributed by atoms with E-state index in [0.717, 1.165) is 50.7 Å². The molecule has 11 heteroatoms. The number of hydrogen-bond acceptors (Lipinski definition) is 5. The number of hydrazine groups is 1. The van der Waals surface area contributed by atoms with Crippen LogP contribution in [0.15, 0.2) is 60.7 Å². The lowest BCUT2D eigenvalue weighted by molar-refractivity contribution is -0.137. The molecule has 1 aliphatic rings. The van der Waals surface area contributed by atoms with Gasteiger partial charge in [-0.2, -0.15) is 13.2 Å². The summed E-state index contributed by atoms with van der Waals surface area (Å²) in [6.07, 6.45) is -0.688. The summed E-state index contributed by atoms with van der Waals surface area (Å²) in [6, 6.07) is 15.8. The Labute approximate surface area is 260 Å². The van der Waals surface area contributed by atoms with Crippen molar-refractivity contribution in [1.82, 2.24) is 15.8 Å². The highest BCUT2D eigenvalue weighted by atomic mass is 35.5. The second-order valence-corrected chi connectivity index (χ2v) is 11.2. The van der Waals surface area contributed by atoms with E-state index in [1.807, 2.05) is 31.1 Å². The van der Waals surface area contributed by atoms with Crippen LogP contribution in [0.25, 0.3) is 0 Å². The van der Waals surface area contributed by atoms with Gasteiger partial charge in [-0.05, 0) is 87.5 Å². The first-order valence-electron chi connectivity index (χ1n) is 14.3. The summed E-state index contributed by atoms with van der Waals surface area (Å²) >= 11 is 5.72. The van der Waals surface area contributed by atoms with Gasteiger partial charge in [0, 0.05) is 49.4 Å². The number of nitrogens with zero attached hydrogens (tertiary/aromatic N) is 2. The molecule has 3 aromatic rings. The van der Waals surface area contributed by atoms with E-state index in [9.17, 15) is 22.8 Å². The van der Waals surface area contributed by atoms with Crippen LogP contribution in [0.2, 0.25) is 5.02 Å². The lowest BCUT2D eigenvalue weighted by Gasteiger charge is -2.29. The van der Waals surface area contributed by atoms with E-state index in [0.29, 0.717) is 23.2 Å². The van der Waals surface area contributed by atoms with Crippen molar-refractivity contribution < 1.29 is 22.8 Å². The van der Waals surface area contributed by atoms with Crippen molar-refractivity contribution in [2.75, 3.05) is 43.9 Å². The zero-order chi connectivity index (χ0) is 31.7. The number of halogens is 4. The molecule has 3 N–H and O–H groups in total. The standard InChI is InChI=1S/C33H35ClF3N5O2/c1-41(2)16-7-4-9-23-10-8-11-25(19-23)31(43)39-30-15-13-26(42-17-5-3-6-18-42)21-27(30)32(44)40-38-22-24-12-14-29(34)28(20-24)33(35,36)37/h8,10-15,19-21,38H,3,5-7,16-18,22H2,1-2H3,(H,39,43)(H,40,44). The number of alkyl halides is 3. The number of carbonyl (C=O) groups is 2. The summed E-state index contributed by atoms with van der Waals surface area (Å²) in [5, 5.41) is 2.44. The summed E-state index contributed by atoms with van der Waals surface area (Å²) in [7, 11) is 3.95. The number of anilines is 2. The molecule has 232 valence electrons. The molecule has 0 radical (unpaired) electrons. The maximum absolute atomic E-state index is 13.4. The van der Waals surface area contributed by atoms with Crippen LogP contribution in [-0.4, -0.2) is 50.4 Å². The molecule has 0 saturated carbocycles. The normalized spacial score (nSPS) is 13.3. The fraction of sp³-hybridized carbons (Fsp3) is 0.333. The molecule has 0 bridgehead atoms. The third kappa shape index (κ3) is 9.23. The molecule has 1 fully saturated rings. The van der Waals surface area contributed by atoms with E-state index in [4.69, 9.17) is 11.6 Å². The fourth-order valence-electron chi connectivity index (χ4n) is 4.75. The zero-order valence-corrected chi connectivity index (χ0v) is 25.4. The monoisotopic (exact) mass is 625 g/mol. The van der Waals surface area contributed by atoms with Gasteiger partial charge in [-0.15, -0.1) is 0 Å². The van der Waals surface area contributed by atoms with E-state index in [-0.39, 0.29) is 17.7 Å². The van der Waals surface area contributed by atoms with Gasteiger partial charge < -0.3 is 15.1 Å². The van der Waals surface area contributed by atoms with Gasteiger partial charge in [-0.1, -0.05) is 35.6 Å². The predicted octanol–water partition coefficient (Wildman–Crippen LogP) is 6.34. The Balaban J connectivity index is 1.51. The minimum absolute atomic E-state index is 0.0815. The average Bonchev–Trinajstić information content (AvgIpc) is 3.00. The summed E-state index contributed by atoms with van der Waals surface area (Å²) in [5.74, 6) is 5.23. The molecule has 0 atom stereocenters. The van der Waals surface area contributed by atoms with Crippen LogP contribution in [0.5, 0.6) is 0 Å². The molecule has 0 aromatic heterocycles. The van der Waals surface area contributed by atoms with Crippen molar-refractivity contribution in [2.24, 2.45) is 0 Å². The zero-order valence-electron chi connectivity index (χ0n) is 24.7. The number of benzene rings is 3. The van der Waals surface area contributed by atoms with Crippen molar-refractivity contribution in [1.29, 1.82) is 0 Å². The topological polar surface area (TPSA) is 76.7 Å². The molecular weight excluding hydrogens is 591 g/mol. The van der Waals surface area contributed by atoms with Gasteiger partial charge in [0.1, 0.15) is 0 Å². The Kier molecular flexibility index (Phi) is 11.3. The molecule has 0 unspecified atom stereocenters. The Bertz CT molecular complexity index is 1540. The Morgan fingerprint density at radius 1 is 0.977 bits per heavy atom. The number of rotatable bonds is 9. The van der Waals surface area contributed by atoms with Crippen LogP contribution >= 0.6 is 11.6 Å². The van der Waals surface area contributed by atoms with Gasteiger partial charge in [0.2, 0.25) is 0 Å². The lowest BCUT2D eigenvalue weighted by Crippen LogP contribution is -2.37. The number of amides is 2. The molecule has 1 aliphatic heterocycles. The number of nitrogens with one attached hydrogen (secondary N) is 3. The molecule has 44 heavy (non-hydrogen) atoms. The lowest BCUT2D eigenvalue weighted by atomic mass is 10.1. The molecule has 3 aromatic carbocycles. The first-order valence-corrected chi connectivity index (χ1v) is 14.7. The van der Waals surface area contributed by atoms with Crippen LogP contribution in [0.4, 0.5) is 24.5 Å². The molecule has 1 saturated heterocycles. The smallest absolute Gasteiger partial charge is 0.372 e. The van der Waals surface area contributed by atoms with E-state index in [1.54, 1.807) is 30.3 Å². The molecule has 1 heterocycles. The van der Waals surface area contributed by atoms with Crippen LogP contribution in [-0.2, 0) is 12.7 Å². The highest BCUT2D eigenvalue weighted by Gasteiger charge is 2.33. The summed E-state index contributed by atoms with van der Waals surface area (Å²) in [5.41, 5.74) is 7.01. The molecule has 0 spiro atoms. The van der Waals surface area contributed by atoms with Crippen molar-refractivity contribution in [2.45, 2.75) is 38.4 Å². The number of carbonyl (C=O) groups excluding carboxylic acids is 2. The van der Waals surface area contributed by atoms with Gasteiger partial charge in [0.25, 0.3) is 11.8 Å². The molecule has 2 amide bonds. The summed E-state index contributed by atoms with van der Waals surface area (Å²) in [4.78, 5) is 30.9. The van der Waals surface area contributed by atoms with Gasteiger partial charge in [0.05, 0.1) is 21.8 Å². The van der Waals surface area contributed by atoms with E-state index in [2.05, 4.69) is 32.9 Å². The SMILES string of the molecule is CN(C)CCC#Cc1cccc(C(=O)Nc2ccc(N3CCCCC3)cc2C(=O)NNCc2ccc(Cl)c(C(F)(F)F)c2)c1. The maximum atomic E-state index is 13.4. The third-order valence-electron chi connectivity index (χ3n) is 7.09. The van der Waals surface area contributed by atoms with Crippen molar-refractivity contribution in [3.05, 3.63) is 93.5 Å². The first kappa shape index (κ1) is 32.9. The maximum Gasteiger partial charge on any atom is 0.417 e. The van der Waals surface area contributed by atoms with Gasteiger partial charge >= 0.3 is 6.18 Å². The van der Waals surface area contributed by atoms with Crippen LogP contribution in [0.3, 0.4) is 0 Å². The van der Waals surface area contributed by atoms with Gasteiger partial charge in [-0.3, -0.25) is 15.0 Å². The van der Waals surface area contributed by atoms with Crippen LogP contribution < -0.4 is 21.1 Å². The predicted molar refractivity (Wildman–Crippen MR) is 168 cm³/mol. The molecule has 0 aliphatic carbocycles. The van der Waals surface area contributed by atoms with Crippen molar-refractivity contribution in [3.63, 3.8) is 0 Å². The summed E-state index contributed by atoms with van der Waals surface area (Å²) < 4.78 is 39.8. The summed E-state index contributed by atoms with van der Waals surface area (Å²) in [6.45, 7) is 2.45. The molecular formula is C33H35ClF3N5O2. The number of hydrogen-bond donors (Lipinski definition) is 3. The Hall–Kier alpha value is -4.04. The minimum atomic E-state index is -4.60. The third-order valence-corrected chi connectivity index (χ3v) is 7.42. The highest BCUT2D eigenvalue weighted by Crippen LogP contribution is 2.35. The average molecular weight is 626 g/mol. The van der Waals surface area contributed by atoms with Crippen LogP contribution in [0.1, 0.15) is 63.1 Å². The second kappa shape index (κ2) is 15.1. The van der Waals surface area contributed by atoms with Crippen molar-refractivity contribution in [3.8, 4) is 11.8 Å². The quantitative estimate of drug-likeness (QED) is 0.191. The van der Waals surface area contributed by atoms with Crippen LogP contribution in [0, 0.1) is 11.8 Å². The number of piperidine rings is 1. The minimum Gasteiger partial charge on any atom is -0.372 e. The van der Waals surface area contributed by atoms with E-state index in [1.165, 1.54) is 12.1 Å². The highest BCUT2D eigenvalue weighted by molar-refractivity contribution is 6.31. The first-order chi connectivity index (χ1) is 21.0. The van der Waals surface area contributed by atoms with E-state index < -0.39 is 28.6 Å². The Morgan fingerprint density at radius 3 is 2.48 bits per heavy atom. The Morgan fingerprint density at radius 2 is 1.75 bits per heavy atom. The van der Waals surface area contributed by atoms with Gasteiger partial charge in [-0.25, -0.2) is 5.43 Å². The molecule has 4 rings (SSSR count).